The number of imidazole rings is 1. The fourth-order valence-electron chi connectivity index (χ4n) is 1.62. The first-order valence-corrected chi connectivity index (χ1v) is 5.23. The quantitative estimate of drug-likeness (QED) is 0.722. The number of H-pyrrole nitrogens is 1. The second-order valence-corrected chi connectivity index (χ2v) is 3.55. The first kappa shape index (κ1) is 9.72. The minimum atomic E-state index is 0.768. The highest BCUT2D eigenvalue weighted by Crippen LogP contribution is 2.20. The van der Waals surface area contributed by atoms with Crippen molar-refractivity contribution in [3.05, 3.63) is 55.2 Å². The van der Waals surface area contributed by atoms with Crippen molar-refractivity contribution in [2.24, 2.45) is 0 Å². The van der Waals surface area contributed by atoms with Crippen LogP contribution >= 0.6 is 0 Å². The van der Waals surface area contributed by atoms with Crippen LogP contribution in [0.2, 0.25) is 0 Å². The van der Waals surface area contributed by atoms with Gasteiger partial charge < -0.3 is 4.98 Å². The molecule has 3 rings (SSSR count). The van der Waals surface area contributed by atoms with Gasteiger partial charge in [0.1, 0.15) is 12.0 Å². The Morgan fingerprint density at radius 2 is 1.76 bits per heavy atom. The lowest BCUT2D eigenvalue weighted by atomic mass is 10.1. The molecule has 0 saturated carbocycles. The van der Waals surface area contributed by atoms with Crippen LogP contribution in [0.5, 0.6) is 0 Å². The van der Waals surface area contributed by atoms with Gasteiger partial charge in [0, 0.05) is 11.8 Å². The van der Waals surface area contributed by atoms with Gasteiger partial charge >= 0.3 is 0 Å². The number of rotatable bonds is 2. The molecule has 0 aliphatic carbocycles. The normalized spacial score (nSPS) is 10.4. The highest BCUT2D eigenvalue weighted by atomic mass is 14.9. The molecule has 4 heteroatoms. The molecule has 1 N–H and O–H groups in total. The van der Waals surface area contributed by atoms with Crippen molar-refractivity contribution in [1.82, 2.24) is 19.9 Å². The molecule has 0 saturated heterocycles. The van der Waals surface area contributed by atoms with E-state index in [-0.39, 0.29) is 0 Å². The van der Waals surface area contributed by atoms with E-state index in [1.807, 2.05) is 36.4 Å². The molecule has 0 aliphatic rings. The van der Waals surface area contributed by atoms with Crippen molar-refractivity contribution in [1.29, 1.82) is 0 Å². The molecular formula is C13H9N4. The third kappa shape index (κ3) is 1.92. The Kier molecular flexibility index (Phi) is 2.38. The topological polar surface area (TPSA) is 54.5 Å². The van der Waals surface area contributed by atoms with Gasteiger partial charge in [0.2, 0.25) is 0 Å². The lowest BCUT2D eigenvalue weighted by Gasteiger charge is -2.01. The minimum Gasteiger partial charge on any atom is -0.341 e. The number of aromatic nitrogens is 4. The molecule has 3 aromatic rings. The maximum absolute atomic E-state index is 4.26. The van der Waals surface area contributed by atoms with Gasteiger partial charge in [0.15, 0.2) is 6.33 Å². The standard InChI is InChI=1S/C13H9N4/c1-2-4-10(5-3-1)11-6-12(17-9-16-11)13-7-14-8-15-13/h1-7,9H,(H,14,15). The van der Waals surface area contributed by atoms with Crippen LogP contribution in [0.4, 0.5) is 0 Å². The van der Waals surface area contributed by atoms with E-state index in [0.717, 1.165) is 22.6 Å². The zero-order valence-electron chi connectivity index (χ0n) is 8.96. The molecule has 0 spiro atoms. The molecule has 2 aromatic heterocycles. The van der Waals surface area contributed by atoms with Crippen LogP contribution in [0.25, 0.3) is 22.6 Å². The molecule has 17 heavy (non-hydrogen) atoms. The molecule has 0 atom stereocenters. The third-order valence-corrected chi connectivity index (χ3v) is 2.45. The van der Waals surface area contributed by atoms with Crippen molar-refractivity contribution in [2.45, 2.75) is 0 Å². The average Bonchev–Trinajstić information content (AvgIpc) is 2.94. The molecular weight excluding hydrogens is 212 g/mol. The van der Waals surface area contributed by atoms with E-state index in [9.17, 15) is 0 Å². The summed E-state index contributed by atoms with van der Waals surface area (Å²) >= 11 is 0. The summed E-state index contributed by atoms with van der Waals surface area (Å²) in [4.78, 5) is 15.3. The summed E-state index contributed by atoms with van der Waals surface area (Å²) in [6.45, 7) is 0. The molecule has 81 valence electrons. The Morgan fingerprint density at radius 3 is 2.53 bits per heavy atom. The molecule has 0 bridgehead atoms. The Labute approximate surface area is 98.4 Å². The smallest absolute Gasteiger partial charge is 0.174 e. The monoisotopic (exact) mass is 221 g/mol. The summed E-state index contributed by atoms with van der Waals surface area (Å²) in [6, 6.07) is 11.9. The van der Waals surface area contributed by atoms with E-state index in [4.69, 9.17) is 0 Å². The Bertz CT molecular complexity index is 602. The first-order chi connectivity index (χ1) is 8.43. The van der Waals surface area contributed by atoms with Crippen LogP contribution in [0.15, 0.2) is 48.9 Å². The fraction of sp³-hybridized carbons (Fsp3) is 0. The molecule has 2 heterocycles. The molecule has 0 fully saturated rings. The largest absolute Gasteiger partial charge is 0.341 e. The van der Waals surface area contributed by atoms with Gasteiger partial charge in [-0.3, -0.25) is 0 Å². The van der Waals surface area contributed by atoms with Crippen LogP contribution in [-0.2, 0) is 0 Å². The molecule has 0 amide bonds. The van der Waals surface area contributed by atoms with E-state index in [2.05, 4.69) is 26.3 Å². The summed E-state index contributed by atoms with van der Waals surface area (Å²) in [5.74, 6) is 0. The van der Waals surface area contributed by atoms with E-state index < -0.39 is 0 Å². The number of aromatic amines is 1. The zero-order chi connectivity index (χ0) is 11.5. The van der Waals surface area contributed by atoms with Gasteiger partial charge in [-0.2, -0.15) is 0 Å². The SMILES string of the molecule is [c]1nc(-c2cc(-c3ccccc3)ncn2)c[nH]1. The highest BCUT2D eigenvalue weighted by molar-refractivity contribution is 5.64. The number of hydrogen-bond donors (Lipinski definition) is 1. The predicted octanol–water partition coefficient (Wildman–Crippen LogP) is 2.33. The number of hydrogen-bond acceptors (Lipinski definition) is 3. The number of nitrogens with zero attached hydrogens (tertiary/aromatic N) is 3. The van der Waals surface area contributed by atoms with E-state index in [1.165, 1.54) is 0 Å². The van der Waals surface area contributed by atoms with Crippen molar-refractivity contribution in [3.8, 4) is 22.6 Å². The highest BCUT2D eigenvalue weighted by Gasteiger charge is 2.04. The summed E-state index contributed by atoms with van der Waals surface area (Å²) < 4.78 is 0. The van der Waals surface area contributed by atoms with Gasteiger partial charge in [-0.1, -0.05) is 30.3 Å². The molecule has 0 aliphatic heterocycles. The predicted molar refractivity (Wildman–Crippen MR) is 63.9 cm³/mol. The van der Waals surface area contributed by atoms with Crippen LogP contribution < -0.4 is 0 Å². The van der Waals surface area contributed by atoms with Crippen LogP contribution in [-0.4, -0.2) is 19.9 Å². The van der Waals surface area contributed by atoms with Gasteiger partial charge in [-0.15, -0.1) is 0 Å². The molecule has 0 unspecified atom stereocenters. The van der Waals surface area contributed by atoms with Crippen molar-refractivity contribution in [3.63, 3.8) is 0 Å². The Hall–Kier alpha value is -2.49. The number of benzene rings is 1. The van der Waals surface area contributed by atoms with Gasteiger partial charge in [-0.25, -0.2) is 15.0 Å². The average molecular weight is 221 g/mol. The second kappa shape index (κ2) is 4.17. The van der Waals surface area contributed by atoms with Gasteiger partial charge in [-0.05, 0) is 6.07 Å². The maximum atomic E-state index is 4.26. The lowest BCUT2D eigenvalue weighted by molar-refractivity contribution is 1.16. The molecule has 4 nitrogen and oxygen atoms in total. The minimum absolute atomic E-state index is 0.768. The lowest BCUT2D eigenvalue weighted by Crippen LogP contribution is -1.89. The Balaban J connectivity index is 2.06. The van der Waals surface area contributed by atoms with Crippen LogP contribution in [0, 0.1) is 6.33 Å². The summed E-state index contributed by atoms with van der Waals surface area (Å²) in [6.07, 6.45) is 5.96. The van der Waals surface area contributed by atoms with E-state index >= 15 is 0 Å². The van der Waals surface area contributed by atoms with Crippen LogP contribution in [0.3, 0.4) is 0 Å². The fourth-order valence-corrected chi connectivity index (χ4v) is 1.62. The Morgan fingerprint density at radius 1 is 0.941 bits per heavy atom. The maximum Gasteiger partial charge on any atom is 0.174 e. The first-order valence-electron chi connectivity index (χ1n) is 5.23. The van der Waals surface area contributed by atoms with Crippen molar-refractivity contribution in [2.75, 3.05) is 0 Å². The summed E-state index contributed by atoms with van der Waals surface area (Å²) in [5.41, 5.74) is 3.51. The van der Waals surface area contributed by atoms with E-state index in [0.29, 0.717) is 0 Å². The zero-order valence-corrected chi connectivity index (χ0v) is 8.96. The molecule has 1 radical (unpaired) electrons. The van der Waals surface area contributed by atoms with Crippen molar-refractivity contribution < 1.29 is 0 Å². The second-order valence-electron chi connectivity index (χ2n) is 3.55. The van der Waals surface area contributed by atoms with E-state index in [1.54, 1.807) is 12.5 Å². The third-order valence-electron chi connectivity index (χ3n) is 2.45. The number of nitrogens with one attached hydrogen (secondary N) is 1. The van der Waals surface area contributed by atoms with Crippen molar-refractivity contribution >= 4 is 0 Å². The van der Waals surface area contributed by atoms with Crippen LogP contribution in [0.1, 0.15) is 0 Å². The summed E-state index contributed by atoms with van der Waals surface area (Å²) in [5, 5.41) is 0. The van der Waals surface area contributed by atoms with Gasteiger partial charge in [0.05, 0.1) is 11.4 Å². The molecule has 1 aromatic carbocycles. The van der Waals surface area contributed by atoms with Gasteiger partial charge in [0.25, 0.3) is 0 Å². The summed E-state index contributed by atoms with van der Waals surface area (Å²) in [7, 11) is 0.